The third kappa shape index (κ3) is 8.04. The highest BCUT2D eigenvalue weighted by Gasteiger charge is 2.01. The van der Waals surface area contributed by atoms with Crippen LogP contribution in [0, 0.1) is 0 Å². The Hall–Kier alpha value is -2.67. The predicted octanol–water partition coefficient (Wildman–Crippen LogP) is 3.71. The van der Waals surface area contributed by atoms with Gasteiger partial charge in [0.1, 0.15) is 0 Å². The molecule has 0 heterocycles. The highest BCUT2D eigenvalue weighted by atomic mass is 32.2. The monoisotopic (exact) mass is 386 g/mol. The van der Waals surface area contributed by atoms with Crippen molar-refractivity contribution in [3.63, 3.8) is 0 Å². The van der Waals surface area contributed by atoms with Crippen molar-refractivity contribution in [2.45, 2.75) is 18.4 Å². The number of amides is 1. The van der Waals surface area contributed by atoms with E-state index in [9.17, 15) is 4.79 Å². The molecule has 0 saturated carbocycles. The maximum Gasteiger partial charge on any atom is 0.411 e. The smallest absolute Gasteiger partial charge is 0.411 e. The van der Waals surface area contributed by atoms with Gasteiger partial charge in [0.15, 0.2) is 5.96 Å². The first-order chi connectivity index (χ1) is 13.2. The van der Waals surface area contributed by atoms with Crippen LogP contribution in [0.3, 0.4) is 0 Å². The van der Waals surface area contributed by atoms with E-state index in [4.69, 9.17) is 0 Å². The summed E-state index contributed by atoms with van der Waals surface area (Å²) >= 11 is 1.81. The Bertz CT molecular complexity index is 721. The number of hydrogen-bond donors (Lipinski definition) is 3. The molecule has 0 aromatic heterocycles. The molecule has 0 saturated heterocycles. The molecule has 27 heavy (non-hydrogen) atoms. The lowest BCUT2D eigenvalue weighted by Crippen LogP contribution is -2.38. The quantitative estimate of drug-likeness (QED) is 0.279. The standard InChI is InChI=1S/C20H26N4O2S/c1-3-21-19(22-13-14-27-18-7-5-4-6-8-18)23-15-16-9-11-17(12-10-16)24-20(25)26-2/h4-12H,3,13-15H2,1-2H3,(H,24,25)(H2,21,22,23). The van der Waals surface area contributed by atoms with E-state index in [0.717, 1.165) is 30.4 Å². The minimum atomic E-state index is -0.479. The van der Waals surface area contributed by atoms with Gasteiger partial charge < -0.3 is 15.4 Å². The van der Waals surface area contributed by atoms with E-state index in [2.05, 4.69) is 37.8 Å². The fourth-order valence-electron chi connectivity index (χ4n) is 2.23. The van der Waals surface area contributed by atoms with E-state index in [0.29, 0.717) is 12.2 Å². The lowest BCUT2D eigenvalue weighted by molar-refractivity contribution is 0.187. The van der Waals surface area contributed by atoms with Crippen molar-refractivity contribution in [3.8, 4) is 0 Å². The molecular formula is C20H26N4O2S. The fourth-order valence-corrected chi connectivity index (χ4v) is 3.02. The number of aliphatic imine (C=N–C) groups is 1. The van der Waals surface area contributed by atoms with Gasteiger partial charge in [-0.15, -0.1) is 11.8 Å². The van der Waals surface area contributed by atoms with Crippen LogP contribution in [-0.4, -0.2) is 38.0 Å². The summed E-state index contributed by atoms with van der Waals surface area (Å²) in [6.07, 6.45) is -0.479. The molecule has 144 valence electrons. The van der Waals surface area contributed by atoms with E-state index < -0.39 is 6.09 Å². The van der Waals surface area contributed by atoms with Crippen molar-refractivity contribution in [1.29, 1.82) is 0 Å². The molecular weight excluding hydrogens is 360 g/mol. The Morgan fingerprint density at radius 1 is 1.07 bits per heavy atom. The molecule has 2 aromatic carbocycles. The average Bonchev–Trinajstić information content (AvgIpc) is 2.71. The first-order valence-electron chi connectivity index (χ1n) is 8.85. The first-order valence-corrected chi connectivity index (χ1v) is 9.83. The molecule has 1 amide bonds. The molecule has 0 bridgehead atoms. The van der Waals surface area contributed by atoms with E-state index in [-0.39, 0.29) is 0 Å². The van der Waals surface area contributed by atoms with Gasteiger partial charge in [-0.25, -0.2) is 9.79 Å². The normalized spacial score (nSPS) is 11.0. The van der Waals surface area contributed by atoms with Gasteiger partial charge >= 0.3 is 6.09 Å². The summed E-state index contributed by atoms with van der Waals surface area (Å²) in [6.45, 7) is 4.23. The maximum atomic E-state index is 11.2. The van der Waals surface area contributed by atoms with Gasteiger partial charge in [0.05, 0.1) is 13.7 Å². The van der Waals surface area contributed by atoms with Gasteiger partial charge in [0.2, 0.25) is 0 Å². The van der Waals surface area contributed by atoms with E-state index >= 15 is 0 Å². The second-order valence-corrected chi connectivity index (χ2v) is 6.77. The van der Waals surface area contributed by atoms with E-state index in [1.165, 1.54) is 12.0 Å². The van der Waals surface area contributed by atoms with Gasteiger partial charge in [-0.1, -0.05) is 30.3 Å². The second kappa shape index (κ2) is 11.9. The van der Waals surface area contributed by atoms with Crippen molar-refractivity contribution < 1.29 is 9.53 Å². The van der Waals surface area contributed by atoms with Crippen LogP contribution in [0.5, 0.6) is 0 Å². The summed E-state index contributed by atoms with van der Waals surface area (Å²) in [6, 6.07) is 17.9. The van der Waals surface area contributed by atoms with E-state index in [1.54, 1.807) is 0 Å². The zero-order chi connectivity index (χ0) is 19.3. The van der Waals surface area contributed by atoms with Gasteiger partial charge in [-0.2, -0.15) is 0 Å². The van der Waals surface area contributed by atoms with Gasteiger partial charge in [-0.05, 0) is 36.8 Å². The summed E-state index contributed by atoms with van der Waals surface area (Å²) in [5, 5.41) is 9.23. The lowest BCUT2D eigenvalue weighted by Gasteiger charge is -2.11. The SMILES string of the molecule is CCNC(=NCc1ccc(NC(=O)OC)cc1)NCCSc1ccccc1. The van der Waals surface area contributed by atoms with Gasteiger partial charge in [-0.3, -0.25) is 5.32 Å². The number of thioether (sulfide) groups is 1. The second-order valence-electron chi connectivity index (χ2n) is 5.60. The van der Waals surface area contributed by atoms with Crippen molar-refractivity contribution in [1.82, 2.24) is 10.6 Å². The fraction of sp³-hybridized carbons (Fsp3) is 0.300. The van der Waals surface area contributed by atoms with Crippen molar-refractivity contribution in [3.05, 3.63) is 60.2 Å². The molecule has 0 spiro atoms. The van der Waals surface area contributed by atoms with Crippen LogP contribution in [0.15, 0.2) is 64.5 Å². The first kappa shape index (κ1) is 20.6. The Kier molecular flexibility index (Phi) is 9.06. The summed E-state index contributed by atoms with van der Waals surface area (Å²) in [4.78, 5) is 17.1. The van der Waals surface area contributed by atoms with Crippen LogP contribution in [0.25, 0.3) is 0 Å². The number of ether oxygens (including phenoxy) is 1. The predicted molar refractivity (Wildman–Crippen MR) is 112 cm³/mol. The van der Waals surface area contributed by atoms with Crippen LogP contribution in [0.2, 0.25) is 0 Å². The summed E-state index contributed by atoms with van der Waals surface area (Å²) < 4.78 is 4.58. The highest BCUT2D eigenvalue weighted by molar-refractivity contribution is 7.99. The number of carbonyl (C=O) groups is 1. The number of nitrogens with zero attached hydrogens (tertiary/aromatic N) is 1. The lowest BCUT2D eigenvalue weighted by atomic mass is 10.2. The highest BCUT2D eigenvalue weighted by Crippen LogP contribution is 2.15. The van der Waals surface area contributed by atoms with Gasteiger partial charge in [0, 0.05) is 29.4 Å². The molecule has 0 atom stereocenters. The Morgan fingerprint density at radius 2 is 1.81 bits per heavy atom. The minimum absolute atomic E-state index is 0.479. The molecule has 0 aliphatic carbocycles. The zero-order valence-electron chi connectivity index (χ0n) is 15.7. The molecule has 0 fully saturated rings. The van der Waals surface area contributed by atoms with Crippen LogP contribution < -0.4 is 16.0 Å². The number of guanidine groups is 1. The number of anilines is 1. The average molecular weight is 387 g/mol. The molecule has 0 aliphatic heterocycles. The third-order valence-corrected chi connectivity index (χ3v) is 4.57. The number of benzene rings is 2. The number of rotatable bonds is 8. The molecule has 6 nitrogen and oxygen atoms in total. The summed E-state index contributed by atoms with van der Waals surface area (Å²) in [5.74, 6) is 1.76. The number of methoxy groups -OCH3 is 1. The van der Waals surface area contributed by atoms with Crippen LogP contribution >= 0.6 is 11.8 Å². The van der Waals surface area contributed by atoms with E-state index in [1.807, 2.05) is 61.2 Å². The Morgan fingerprint density at radius 3 is 2.48 bits per heavy atom. The van der Waals surface area contributed by atoms with Crippen molar-refractivity contribution in [2.75, 3.05) is 31.3 Å². The largest absolute Gasteiger partial charge is 0.453 e. The minimum Gasteiger partial charge on any atom is -0.453 e. The third-order valence-electron chi connectivity index (χ3n) is 3.56. The molecule has 0 unspecified atom stereocenters. The van der Waals surface area contributed by atoms with Crippen LogP contribution in [0.1, 0.15) is 12.5 Å². The molecule has 7 heteroatoms. The van der Waals surface area contributed by atoms with Crippen LogP contribution in [0.4, 0.5) is 10.5 Å². The van der Waals surface area contributed by atoms with Gasteiger partial charge in [0.25, 0.3) is 0 Å². The number of nitrogens with one attached hydrogen (secondary N) is 3. The summed E-state index contributed by atoms with van der Waals surface area (Å²) in [5.41, 5.74) is 1.75. The molecule has 2 rings (SSSR count). The summed E-state index contributed by atoms with van der Waals surface area (Å²) in [7, 11) is 1.34. The Labute approximate surface area is 164 Å². The van der Waals surface area contributed by atoms with Crippen molar-refractivity contribution in [2.24, 2.45) is 4.99 Å². The molecule has 2 aromatic rings. The number of hydrogen-bond acceptors (Lipinski definition) is 4. The number of carbonyl (C=O) groups excluding carboxylic acids is 1. The Balaban J connectivity index is 1.80. The molecule has 0 radical (unpaired) electrons. The molecule has 3 N–H and O–H groups in total. The van der Waals surface area contributed by atoms with Crippen LogP contribution in [-0.2, 0) is 11.3 Å². The molecule has 0 aliphatic rings. The van der Waals surface area contributed by atoms with Crippen molar-refractivity contribution >= 4 is 29.5 Å². The maximum absolute atomic E-state index is 11.2. The zero-order valence-corrected chi connectivity index (χ0v) is 16.5. The topological polar surface area (TPSA) is 74.8 Å².